The van der Waals surface area contributed by atoms with E-state index in [1.165, 1.54) is 22.5 Å². The number of amides is 1. The molecule has 0 saturated heterocycles. The highest BCUT2D eigenvalue weighted by atomic mass is 32.2. The number of sulfonamides is 1. The van der Waals surface area contributed by atoms with Gasteiger partial charge in [0.25, 0.3) is 0 Å². The Morgan fingerprint density at radius 3 is 2.35 bits per heavy atom. The normalized spacial score (nSPS) is 15.3. The zero-order valence-electron chi connectivity index (χ0n) is 11.8. The highest BCUT2D eigenvalue weighted by Crippen LogP contribution is 2.26. The van der Waals surface area contributed by atoms with E-state index < -0.39 is 10.0 Å². The van der Waals surface area contributed by atoms with Crippen molar-refractivity contribution in [3.63, 3.8) is 0 Å². The van der Waals surface area contributed by atoms with Gasteiger partial charge in [0.1, 0.15) is 0 Å². The largest absolute Gasteiger partial charge is 0.355 e. The zero-order valence-corrected chi connectivity index (χ0v) is 12.6. The highest BCUT2D eigenvalue weighted by molar-refractivity contribution is 7.88. The fraction of sp³-hybridized carbons (Fsp3) is 0.500. The summed E-state index contributed by atoms with van der Waals surface area (Å²) in [6.45, 7) is 0.638. The highest BCUT2D eigenvalue weighted by Gasteiger charge is 2.26. The second-order valence-electron chi connectivity index (χ2n) is 5.25. The van der Waals surface area contributed by atoms with E-state index in [0.29, 0.717) is 13.1 Å². The van der Waals surface area contributed by atoms with Crippen molar-refractivity contribution in [2.45, 2.75) is 12.8 Å². The molecule has 1 aromatic rings. The van der Waals surface area contributed by atoms with Crippen molar-refractivity contribution >= 4 is 15.9 Å². The standard InChI is InChI=1S/C14H20N2O3S/c1-16(20(2,18)19)8-7-15-14(17)13-9-11-5-3-4-6-12(11)10-13/h3-6,13H,7-10H2,1-2H3,(H,15,17). The summed E-state index contributed by atoms with van der Waals surface area (Å²) in [5, 5.41) is 2.82. The van der Waals surface area contributed by atoms with E-state index in [9.17, 15) is 13.2 Å². The molecule has 1 aliphatic carbocycles. The van der Waals surface area contributed by atoms with E-state index in [1.54, 1.807) is 0 Å². The summed E-state index contributed by atoms with van der Waals surface area (Å²) in [6.07, 6.45) is 2.69. The number of nitrogens with zero attached hydrogens (tertiary/aromatic N) is 1. The minimum absolute atomic E-state index is 0.00287. The molecule has 1 aromatic carbocycles. The molecular weight excluding hydrogens is 276 g/mol. The molecule has 0 bridgehead atoms. The Bertz CT molecular complexity index is 573. The van der Waals surface area contributed by atoms with Gasteiger partial charge in [0.05, 0.1) is 6.26 Å². The molecule has 20 heavy (non-hydrogen) atoms. The molecule has 0 heterocycles. The molecular formula is C14H20N2O3S. The predicted molar refractivity (Wildman–Crippen MR) is 77.8 cm³/mol. The molecule has 1 aliphatic rings. The number of carbonyl (C=O) groups is 1. The molecule has 0 unspecified atom stereocenters. The Hall–Kier alpha value is -1.40. The lowest BCUT2D eigenvalue weighted by molar-refractivity contribution is -0.124. The van der Waals surface area contributed by atoms with Crippen LogP contribution < -0.4 is 5.32 Å². The van der Waals surface area contributed by atoms with Crippen molar-refractivity contribution in [3.8, 4) is 0 Å². The van der Waals surface area contributed by atoms with Gasteiger partial charge in [-0.05, 0) is 24.0 Å². The van der Waals surface area contributed by atoms with Crippen LogP contribution >= 0.6 is 0 Å². The Labute approximate surface area is 120 Å². The Morgan fingerprint density at radius 1 is 1.30 bits per heavy atom. The number of nitrogens with one attached hydrogen (secondary N) is 1. The average molecular weight is 296 g/mol. The number of hydrogen-bond donors (Lipinski definition) is 1. The lowest BCUT2D eigenvalue weighted by Crippen LogP contribution is -2.38. The lowest BCUT2D eigenvalue weighted by Gasteiger charge is -2.15. The first-order chi connectivity index (χ1) is 9.38. The van der Waals surface area contributed by atoms with Crippen LogP contribution in [-0.2, 0) is 27.7 Å². The third-order valence-electron chi connectivity index (χ3n) is 3.71. The van der Waals surface area contributed by atoms with E-state index in [4.69, 9.17) is 0 Å². The number of benzene rings is 1. The first kappa shape index (κ1) is 15.0. The van der Waals surface area contributed by atoms with Gasteiger partial charge < -0.3 is 5.32 Å². The summed E-state index contributed by atoms with van der Waals surface area (Å²) in [4.78, 5) is 12.1. The van der Waals surface area contributed by atoms with Crippen LogP contribution in [0.15, 0.2) is 24.3 Å². The van der Waals surface area contributed by atoms with Gasteiger partial charge in [0.15, 0.2) is 0 Å². The molecule has 0 spiro atoms. The lowest BCUT2D eigenvalue weighted by atomic mass is 10.1. The zero-order chi connectivity index (χ0) is 14.8. The van der Waals surface area contributed by atoms with Crippen LogP contribution in [0.1, 0.15) is 11.1 Å². The number of carbonyl (C=O) groups excluding carboxylic acids is 1. The predicted octanol–water partition coefficient (Wildman–Crippen LogP) is 0.409. The van der Waals surface area contributed by atoms with Gasteiger partial charge in [-0.1, -0.05) is 24.3 Å². The fourth-order valence-corrected chi connectivity index (χ4v) is 2.81. The maximum Gasteiger partial charge on any atom is 0.223 e. The van der Waals surface area contributed by atoms with Gasteiger partial charge in [-0.15, -0.1) is 0 Å². The van der Waals surface area contributed by atoms with E-state index in [-0.39, 0.29) is 11.8 Å². The van der Waals surface area contributed by atoms with Crippen molar-refractivity contribution in [1.82, 2.24) is 9.62 Å². The number of likely N-dealkylation sites (N-methyl/N-ethyl adjacent to an activating group) is 1. The van der Waals surface area contributed by atoms with Gasteiger partial charge in [-0.2, -0.15) is 0 Å². The van der Waals surface area contributed by atoms with E-state index in [1.807, 2.05) is 12.1 Å². The van der Waals surface area contributed by atoms with E-state index in [2.05, 4.69) is 17.4 Å². The Balaban J connectivity index is 1.80. The van der Waals surface area contributed by atoms with Gasteiger partial charge in [-0.25, -0.2) is 12.7 Å². The second-order valence-corrected chi connectivity index (χ2v) is 7.34. The first-order valence-corrected chi connectivity index (χ1v) is 8.48. The third kappa shape index (κ3) is 3.58. The summed E-state index contributed by atoms with van der Waals surface area (Å²) in [5.74, 6) is -0.0287. The van der Waals surface area contributed by atoms with Gasteiger partial charge in [0, 0.05) is 26.1 Å². The molecule has 0 radical (unpaired) electrons. The third-order valence-corrected chi connectivity index (χ3v) is 5.03. The topological polar surface area (TPSA) is 66.5 Å². The summed E-state index contributed by atoms with van der Waals surface area (Å²) >= 11 is 0. The van der Waals surface area contributed by atoms with Crippen molar-refractivity contribution < 1.29 is 13.2 Å². The minimum Gasteiger partial charge on any atom is -0.355 e. The molecule has 1 amide bonds. The van der Waals surface area contributed by atoms with Crippen LogP contribution in [-0.4, -0.2) is 45.0 Å². The summed E-state index contributed by atoms with van der Waals surface area (Å²) in [6, 6.07) is 8.08. The Morgan fingerprint density at radius 2 is 1.85 bits per heavy atom. The number of rotatable bonds is 5. The molecule has 0 fully saturated rings. The molecule has 2 rings (SSSR count). The number of hydrogen-bond acceptors (Lipinski definition) is 3. The van der Waals surface area contributed by atoms with Gasteiger partial charge in [0.2, 0.25) is 15.9 Å². The summed E-state index contributed by atoms with van der Waals surface area (Å²) in [5.41, 5.74) is 2.47. The molecule has 110 valence electrons. The molecule has 0 atom stereocenters. The van der Waals surface area contributed by atoms with E-state index >= 15 is 0 Å². The van der Waals surface area contributed by atoms with Crippen molar-refractivity contribution in [2.75, 3.05) is 26.4 Å². The monoisotopic (exact) mass is 296 g/mol. The van der Waals surface area contributed by atoms with Crippen LogP contribution in [0.4, 0.5) is 0 Å². The molecule has 6 heteroatoms. The number of fused-ring (bicyclic) bond motifs is 1. The van der Waals surface area contributed by atoms with Crippen LogP contribution in [0, 0.1) is 5.92 Å². The maximum atomic E-state index is 12.1. The molecule has 1 N–H and O–H groups in total. The second kappa shape index (κ2) is 5.93. The van der Waals surface area contributed by atoms with Crippen LogP contribution in [0.2, 0.25) is 0 Å². The van der Waals surface area contributed by atoms with Crippen molar-refractivity contribution in [3.05, 3.63) is 35.4 Å². The Kier molecular flexibility index (Phi) is 4.45. The van der Waals surface area contributed by atoms with Crippen molar-refractivity contribution in [1.29, 1.82) is 0 Å². The molecule has 0 aliphatic heterocycles. The van der Waals surface area contributed by atoms with Crippen LogP contribution in [0.5, 0.6) is 0 Å². The molecule has 0 aromatic heterocycles. The molecule has 5 nitrogen and oxygen atoms in total. The SMILES string of the molecule is CN(CCNC(=O)C1Cc2ccccc2C1)S(C)(=O)=O. The molecule has 0 saturated carbocycles. The van der Waals surface area contributed by atoms with Gasteiger partial charge >= 0.3 is 0 Å². The van der Waals surface area contributed by atoms with Crippen LogP contribution in [0.3, 0.4) is 0 Å². The smallest absolute Gasteiger partial charge is 0.223 e. The van der Waals surface area contributed by atoms with E-state index in [0.717, 1.165) is 19.1 Å². The maximum absolute atomic E-state index is 12.1. The first-order valence-electron chi connectivity index (χ1n) is 6.63. The minimum atomic E-state index is -3.18. The summed E-state index contributed by atoms with van der Waals surface area (Å²) in [7, 11) is -1.67. The van der Waals surface area contributed by atoms with Crippen molar-refractivity contribution in [2.24, 2.45) is 5.92 Å². The summed E-state index contributed by atoms with van der Waals surface area (Å²) < 4.78 is 23.7. The quantitative estimate of drug-likeness (QED) is 0.856. The van der Waals surface area contributed by atoms with Crippen LogP contribution in [0.25, 0.3) is 0 Å². The van der Waals surface area contributed by atoms with Gasteiger partial charge in [-0.3, -0.25) is 4.79 Å². The average Bonchev–Trinajstić information content (AvgIpc) is 2.81. The fourth-order valence-electron chi connectivity index (χ4n) is 2.39.